The van der Waals surface area contributed by atoms with Crippen LogP contribution in [0.25, 0.3) is 0 Å². The molecule has 0 amide bonds. The molecule has 1 aliphatic carbocycles. The Morgan fingerprint density at radius 1 is 1.38 bits per heavy atom. The van der Waals surface area contributed by atoms with Gasteiger partial charge in [-0.25, -0.2) is 4.39 Å². The summed E-state index contributed by atoms with van der Waals surface area (Å²) in [5, 5.41) is 23.6. The van der Waals surface area contributed by atoms with Crippen molar-refractivity contribution in [3.8, 4) is 0 Å². The maximum Gasteiger partial charge on any atom is 0.295 e. The minimum absolute atomic E-state index is 0.246. The van der Waals surface area contributed by atoms with Crippen LogP contribution in [0.3, 0.4) is 0 Å². The van der Waals surface area contributed by atoms with Crippen LogP contribution in [0.2, 0.25) is 0 Å². The molecule has 1 heterocycles. The van der Waals surface area contributed by atoms with Crippen LogP contribution in [0.15, 0.2) is 23.4 Å². The van der Waals surface area contributed by atoms with Gasteiger partial charge in [-0.3, -0.25) is 10.1 Å². The molecule has 1 fully saturated rings. The monoisotopic (exact) mass is 379 g/mol. The van der Waals surface area contributed by atoms with E-state index >= 15 is 0 Å². The summed E-state index contributed by atoms with van der Waals surface area (Å²) in [7, 11) is 0. The van der Waals surface area contributed by atoms with Gasteiger partial charge in [-0.15, -0.1) is 10.2 Å². The SMILES string of the molecule is CSc1nnc(CCCNc2ccc(F)cc2[N+](=O)[O-])n1C1CCCC1. The van der Waals surface area contributed by atoms with Crippen molar-refractivity contribution >= 4 is 23.1 Å². The molecule has 1 aromatic carbocycles. The molecule has 0 spiro atoms. The van der Waals surface area contributed by atoms with Crippen molar-refractivity contribution in [1.82, 2.24) is 14.8 Å². The maximum absolute atomic E-state index is 13.2. The standard InChI is InChI=1S/C17H22FN5O2S/c1-26-17-21-20-16(22(17)13-5-2-3-6-13)7-4-10-19-14-9-8-12(18)11-15(14)23(24)25/h8-9,11,13,19H,2-7,10H2,1H3. The van der Waals surface area contributed by atoms with Gasteiger partial charge in [0.1, 0.15) is 17.3 Å². The second kappa shape index (κ2) is 8.48. The molecule has 0 unspecified atom stereocenters. The third-order valence-corrected chi connectivity index (χ3v) is 5.30. The van der Waals surface area contributed by atoms with Crippen LogP contribution in [0.5, 0.6) is 0 Å². The summed E-state index contributed by atoms with van der Waals surface area (Å²) in [4.78, 5) is 10.5. The molecular formula is C17H22FN5O2S. The van der Waals surface area contributed by atoms with Crippen LogP contribution in [0, 0.1) is 15.9 Å². The first-order valence-corrected chi connectivity index (χ1v) is 9.98. The minimum atomic E-state index is -0.614. The molecule has 0 atom stereocenters. The molecule has 26 heavy (non-hydrogen) atoms. The van der Waals surface area contributed by atoms with Gasteiger partial charge in [0.25, 0.3) is 5.69 Å². The zero-order valence-electron chi connectivity index (χ0n) is 14.7. The van der Waals surface area contributed by atoms with Gasteiger partial charge >= 0.3 is 0 Å². The fraction of sp³-hybridized carbons (Fsp3) is 0.529. The summed E-state index contributed by atoms with van der Waals surface area (Å²) < 4.78 is 15.5. The topological polar surface area (TPSA) is 85.9 Å². The lowest BCUT2D eigenvalue weighted by atomic mass is 10.2. The first-order chi connectivity index (χ1) is 12.6. The van der Waals surface area contributed by atoms with E-state index in [-0.39, 0.29) is 5.69 Å². The third-order valence-electron chi connectivity index (χ3n) is 4.66. The van der Waals surface area contributed by atoms with E-state index in [1.807, 2.05) is 6.26 Å². The van der Waals surface area contributed by atoms with E-state index in [0.717, 1.165) is 29.9 Å². The summed E-state index contributed by atoms with van der Waals surface area (Å²) in [6.07, 6.45) is 8.32. The lowest BCUT2D eigenvalue weighted by Gasteiger charge is -2.16. The molecule has 2 aromatic rings. The zero-order valence-corrected chi connectivity index (χ0v) is 15.5. The number of aryl methyl sites for hydroxylation is 1. The maximum atomic E-state index is 13.2. The molecule has 9 heteroatoms. The number of anilines is 1. The summed E-state index contributed by atoms with van der Waals surface area (Å²) >= 11 is 1.61. The molecule has 1 saturated carbocycles. The lowest BCUT2D eigenvalue weighted by Crippen LogP contribution is -2.12. The smallest absolute Gasteiger partial charge is 0.295 e. The Morgan fingerprint density at radius 2 is 2.15 bits per heavy atom. The van der Waals surface area contributed by atoms with E-state index < -0.39 is 10.7 Å². The number of nitro benzene ring substituents is 1. The predicted octanol–water partition coefficient (Wildman–Crippen LogP) is 4.21. The van der Waals surface area contributed by atoms with Gasteiger partial charge in [0.2, 0.25) is 0 Å². The highest BCUT2D eigenvalue weighted by Crippen LogP contribution is 2.33. The molecule has 1 aliphatic rings. The highest BCUT2D eigenvalue weighted by molar-refractivity contribution is 7.98. The van der Waals surface area contributed by atoms with Gasteiger partial charge in [-0.05, 0) is 37.7 Å². The average Bonchev–Trinajstić information content (AvgIpc) is 3.28. The molecule has 1 aromatic heterocycles. The minimum Gasteiger partial charge on any atom is -0.379 e. The molecule has 140 valence electrons. The number of rotatable bonds is 8. The van der Waals surface area contributed by atoms with Crippen LogP contribution in [-0.4, -0.2) is 32.5 Å². The van der Waals surface area contributed by atoms with Crippen LogP contribution in [-0.2, 0) is 6.42 Å². The van der Waals surface area contributed by atoms with E-state index in [0.29, 0.717) is 18.3 Å². The normalized spacial score (nSPS) is 14.7. The Labute approximate surface area is 155 Å². The van der Waals surface area contributed by atoms with Gasteiger partial charge in [0.15, 0.2) is 5.16 Å². The first kappa shape index (κ1) is 18.6. The van der Waals surface area contributed by atoms with Crippen molar-refractivity contribution in [3.05, 3.63) is 40.0 Å². The number of halogens is 1. The van der Waals surface area contributed by atoms with Gasteiger partial charge in [0, 0.05) is 19.0 Å². The predicted molar refractivity (Wildman–Crippen MR) is 99.2 cm³/mol. The van der Waals surface area contributed by atoms with Gasteiger partial charge in [-0.2, -0.15) is 0 Å². The lowest BCUT2D eigenvalue weighted by molar-refractivity contribution is -0.384. The Morgan fingerprint density at radius 3 is 2.85 bits per heavy atom. The quantitative estimate of drug-likeness (QED) is 0.320. The van der Waals surface area contributed by atoms with Crippen molar-refractivity contribution in [2.75, 3.05) is 18.1 Å². The van der Waals surface area contributed by atoms with Gasteiger partial charge < -0.3 is 9.88 Å². The van der Waals surface area contributed by atoms with E-state index in [2.05, 4.69) is 20.1 Å². The van der Waals surface area contributed by atoms with Crippen molar-refractivity contribution in [2.45, 2.75) is 49.7 Å². The van der Waals surface area contributed by atoms with Crippen molar-refractivity contribution in [3.63, 3.8) is 0 Å². The Kier molecular flexibility index (Phi) is 6.08. The summed E-state index contributed by atoms with van der Waals surface area (Å²) in [6, 6.07) is 4.04. The number of nitro groups is 1. The number of thioether (sulfide) groups is 1. The Bertz CT molecular complexity index is 777. The van der Waals surface area contributed by atoms with Crippen LogP contribution in [0.1, 0.15) is 44.0 Å². The van der Waals surface area contributed by atoms with Crippen molar-refractivity contribution in [2.24, 2.45) is 0 Å². The molecule has 0 radical (unpaired) electrons. The van der Waals surface area contributed by atoms with Gasteiger partial charge in [0.05, 0.1) is 11.0 Å². The Hall–Kier alpha value is -2.16. The van der Waals surface area contributed by atoms with E-state index in [9.17, 15) is 14.5 Å². The highest BCUT2D eigenvalue weighted by atomic mass is 32.2. The van der Waals surface area contributed by atoms with E-state index in [1.165, 1.54) is 37.8 Å². The number of hydrogen-bond donors (Lipinski definition) is 1. The van der Waals surface area contributed by atoms with E-state index in [4.69, 9.17) is 0 Å². The summed E-state index contributed by atoms with van der Waals surface area (Å²) in [6.45, 7) is 0.540. The van der Waals surface area contributed by atoms with E-state index in [1.54, 1.807) is 11.8 Å². The van der Waals surface area contributed by atoms with Crippen molar-refractivity contribution < 1.29 is 9.31 Å². The summed E-state index contributed by atoms with van der Waals surface area (Å²) in [5.41, 5.74) is 0.0854. The number of hydrogen-bond acceptors (Lipinski definition) is 6. The molecule has 1 N–H and O–H groups in total. The van der Waals surface area contributed by atoms with Gasteiger partial charge in [-0.1, -0.05) is 24.6 Å². The summed E-state index contributed by atoms with van der Waals surface area (Å²) in [5.74, 6) is 0.355. The second-order valence-electron chi connectivity index (χ2n) is 6.36. The molecule has 0 saturated heterocycles. The fourth-order valence-electron chi connectivity index (χ4n) is 3.42. The Balaban J connectivity index is 1.61. The largest absolute Gasteiger partial charge is 0.379 e. The highest BCUT2D eigenvalue weighted by Gasteiger charge is 2.23. The number of aromatic nitrogens is 3. The third kappa shape index (κ3) is 4.14. The molecule has 3 rings (SSSR count). The van der Waals surface area contributed by atoms with Crippen LogP contribution >= 0.6 is 11.8 Å². The van der Waals surface area contributed by atoms with Crippen LogP contribution < -0.4 is 5.32 Å². The van der Waals surface area contributed by atoms with Crippen molar-refractivity contribution in [1.29, 1.82) is 0 Å². The second-order valence-corrected chi connectivity index (χ2v) is 7.13. The number of nitrogens with zero attached hydrogens (tertiary/aromatic N) is 4. The zero-order chi connectivity index (χ0) is 18.5. The van der Waals surface area contributed by atoms with Crippen LogP contribution in [0.4, 0.5) is 15.8 Å². The molecule has 0 aliphatic heterocycles. The first-order valence-electron chi connectivity index (χ1n) is 8.75. The fourth-order valence-corrected chi connectivity index (χ4v) is 3.99. The molecule has 7 nitrogen and oxygen atoms in total. The number of benzene rings is 1. The average molecular weight is 379 g/mol. The molecular weight excluding hydrogens is 357 g/mol. The number of nitrogens with one attached hydrogen (secondary N) is 1. The molecule has 0 bridgehead atoms.